The summed E-state index contributed by atoms with van der Waals surface area (Å²) in [4.78, 5) is 15.6. The molecule has 0 radical (unpaired) electrons. The van der Waals surface area contributed by atoms with Crippen molar-refractivity contribution in [1.82, 2.24) is 9.55 Å². The van der Waals surface area contributed by atoms with Crippen molar-refractivity contribution in [1.29, 1.82) is 0 Å². The normalized spacial score (nSPS) is 14.9. The molecule has 0 spiro atoms. The van der Waals surface area contributed by atoms with Gasteiger partial charge >= 0.3 is 0 Å². The molecule has 3 aromatic rings. The molecule has 0 bridgehead atoms. The number of aliphatic hydroxyl groups is 1. The zero-order valence-electron chi connectivity index (χ0n) is 15.3. The van der Waals surface area contributed by atoms with Gasteiger partial charge in [0, 0.05) is 30.0 Å². The minimum atomic E-state index is -0.193. The molecule has 2 N–H and O–H groups in total. The van der Waals surface area contributed by atoms with Crippen LogP contribution < -0.4 is 10.1 Å². The van der Waals surface area contributed by atoms with E-state index in [0.717, 1.165) is 52.9 Å². The van der Waals surface area contributed by atoms with Crippen LogP contribution in [0.1, 0.15) is 12.8 Å². The first-order chi connectivity index (χ1) is 13.2. The van der Waals surface area contributed by atoms with Crippen LogP contribution in [0.2, 0.25) is 0 Å². The second-order valence-corrected chi connectivity index (χ2v) is 7.12. The van der Waals surface area contributed by atoms with Crippen LogP contribution in [0.4, 0.5) is 5.82 Å². The van der Waals surface area contributed by atoms with Gasteiger partial charge in [-0.05, 0) is 37.1 Å². The maximum absolute atomic E-state index is 11.1. The third kappa shape index (κ3) is 3.40. The third-order valence-corrected chi connectivity index (χ3v) is 5.20. The van der Waals surface area contributed by atoms with Crippen molar-refractivity contribution in [2.45, 2.75) is 12.8 Å². The number of aromatic nitrogens is 2. The molecule has 6 nitrogen and oxygen atoms in total. The van der Waals surface area contributed by atoms with Crippen molar-refractivity contribution in [3.8, 4) is 17.0 Å². The average Bonchev–Trinajstić information content (AvgIpc) is 3.42. The number of anilines is 1. The zero-order chi connectivity index (χ0) is 18.9. The maximum Gasteiger partial charge on any atom is 0.128 e. The van der Waals surface area contributed by atoms with Crippen LogP contribution >= 0.6 is 0 Å². The van der Waals surface area contributed by atoms with Crippen molar-refractivity contribution in [3.63, 3.8) is 0 Å². The zero-order valence-corrected chi connectivity index (χ0v) is 15.3. The number of rotatable bonds is 8. The number of aliphatic hydroxyl groups excluding tert-OH is 1. The summed E-state index contributed by atoms with van der Waals surface area (Å²) in [6.45, 7) is 0.867. The Labute approximate surface area is 157 Å². The third-order valence-electron chi connectivity index (χ3n) is 5.20. The lowest BCUT2D eigenvalue weighted by Gasteiger charge is -2.11. The topological polar surface area (TPSA) is 76.4 Å². The molecule has 2 aromatic heterocycles. The molecule has 140 valence electrons. The number of fused-ring (bicyclic) bond motifs is 1. The molecule has 2 heterocycles. The fourth-order valence-corrected chi connectivity index (χ4v) is 3.31. The molecular formula is C21H23N3O3. The molecule has 1 fully saturated rings. The van der Waals surface area contributed by atoms with E-state index in [1.165, 1.54) is 0 Å². The summed E-state index contributed by atoms with van der Waals surface area (Å²) in [7, 11) is 2.00. The summed E-state index contributed by atoms with van der Waals surface area (Å²) in [5, 5.41) is 13.4. The number of benzene rings is 1. The fraction of sp³-hybridized carbons (Fsp3) is 0.333. The Morgan fingerprint density at radius 2 is 2.15 bits per heavy atom. The quantitative estimate of drug-likeness (QED) is 0.600. The van der Waals surface area contributed by atoms with E-state index in [2.05, 4.69) is 20.9 Å². The minimum Gasteiger partial charge on any atom is -0.490 e. The predicted octanol–water partition coefficient (Wildman–Crippen LogP) is 3.00. The second kappa shape index (κ2) is 7.04. The maximum atomic E-state index is 11.1. The van der Waals surface area contributed by atoms with Crippen molar-refractivity contribution in [3.05, 3.63) is 42.6 Å². The Balaban J connectivity index is 1.65. The lowest BCUT2D eigenvalue weighted by atomic mass is 10.1. The van der Waals surface area contributed by atoms with Crippen LogP contribution in [0.25, 0.3) is 22.2 Å². The number of nitrogens with zero attached hydrogens (tertiary/aromatic N) is 2. The van der Waals surface area contributed by atoms with Crippen LogP contribution in [0, 0.1) is 5.41 Å². The van der Waals surface area contributed by atoms with Gasteiger partial charge in [0.25, 0.3) is 0 Å². The van der Waals surface area contributed by atoms with Gasteiger partial charge in [0.1, 0.15) is 24.5 Å². The highest BCUT2D eigenvalue weighted by Gasteiger charge is 2.42. The van der Waals surface area contributed by atoms with E-state index < -0.39 is 0 Å². The number of nitrogens with one attached hydrogen (secondary N) is 1. The number of pyridine rings is 1. The molecule has 1 saturated carbocycles. The molecule has 1 aromatic carbocycles. The monoisotopic (exact) mass is 365 g/mol. The van der Waals surface area contributed by atoms with Gasteiger partial charge in [0.2, 0.25) is 0 Å². The van der Waals surface area contributed by atoms with Gasteiger partial charge in [-0.25, -0.2) is 4.98 Å². The van der Waals surface area contributed by atoms with Crippen LogP contribution in [-0.4, -0.2) is 40.7 Å². The number of aryl methyl sites for hydroxylation is 1. The van der Waals surface area contributed by atoms with Crippen LogP contribution in [0.5, 0.6) is 5.75 Å². The summed E-state index contributed by atoms with van der Waals surface area (Å²) in [5.74, 6) is 1.52. The molecule has 0 atom stereocenters. The van der Waals surface area contributed by atoms with E-state index in [1.807, 2.05) is 43.6 Å². The van der Waals surface area contributed by atoms with Gasteiger partial charge in [0.05, 0.1) is 24.0 Å². The van der Waals surface area contributed by atoms with E-state index in [0.29, 0.717) is 6.54 Å². The van der Waals surface area contributed by atoms with Crippen LogP contribution in [0.15, 0.2) is 42.6 Å². The van der Waals surface area contributed by atoms with Crippen LogP contribution in [0.3, 0.4) is 0 Å². The number of hydrogen-bond donors (Lipinski definition) is 2. The number of aldehydes is 1. The predicted molar refractivity (Wildman–Crippen MR) is 105 cm³/mol. The lowest BCUT2D eigenvalue weighted by molar-refractivity contribution is -0.111. The van der Waals surface area contributed by atoms with Gasteiger partial charge in [-0.3, -0.25) is 0 Å². The first kappa shape index (κ1) is 17.5. The number of hydrogen-bond acceptors (Lipinski definition) is 5. The summed E-state index contributed by atoms with van der Waals surface area (Å²) < 4.78 is 7.77. The van der Waals surface area contributed by atoms with Crippen molar-refractivity contribution < 1.29 is 14.6 Å². The van der Waals surface area contributed by atoms with E-state index in [1.54, 1.807) is 0 Å². The molecule has 27 heavy (non-hydrogen) atoms. The number of para-hydroxylation sites is 1. The largest absolute Gasteiger partial charge is 0.490 e. The van der Waals surface area contributed by atoms with Gasteiger partial charge in [-0.15, -0.1) is 0 Å². The molecule has 1 aliphatic carbocycles. The summed E-state index contributed by atoms with van der Waals surface area (Å²) in [5.41, 5.74) is 2.81. The van der Waals surface area contributed by atoms with Crippen molar-refractivity contribution in [2.75, 3.05) is 25.1 Å². The Bertz CT molecular complexity index is 976. The molecule has 0 saturated heterocycles. The number of carbonyl (C=O) groups is 1. The Morgan fingerprint density at radius 1 is 1.33 bits per heavy atom. The smallest absolute Gasteiger partial charge is 0.128 e. The van der Waals surface area contributed by atoms with E-state index >= 15 is 0 Å². The van der Waals surface area contributed by atoms with Gasteiger partial charge in [-0.1, -0.05) is 12.1 Å². The molecular weight excluding hydrogens is 342 g/mol. The number of ether oxygens (including phenoxy) is 1. The first-order valence-electron chi connectivity index (χ1n) is 9.14. The Morgan fingerprint density at radius 3 is 2.89 bits per heavy atom. The molecule has 6 heteroatoms. The molecule has 0 aliphatic heterocycles. The molecule has 1 aliphatic rings. The highest BCUT2D eigenvalue weighted by molar-refractivity contribution is 5.89. The standard InChI is InChI=1S/C21H23N3O3/c1-24-17(16-4-2-3-5-19(16)27-9-8-25)10-15-11-20(22-12-18(15)24)23-13-21(14-26)6-7-21/h2-5,10-12,14,25H,6-9,13H2,1H3,(H,22,23). The first-order valence-corrected chi connectivity index (χ1v) is 9.14. The molecule has 0 amide bonds. The Kier molecular flexibility index (Phi) is 4.58. The van der Waals surface area contributed by atoms with Crippen molar-refractivity contribution >= 4 is 23.0 Å². The van der Waals surface area contributed by atoms with E-state index in [9.17, 15) is 4.79 Å². The second-order valence-electron chi connectivity index (χ2n) is 7.12. The number of carbonyl (C=O) groups excluding carboxylic acids is 1. The van der Waals surface area contributed by atoms with Crippen molar-refractivity contribution in [2.24, 2.45) is 12.5 Å². The van der Waals surface area contributed by atoms with E-state index in [4.69, 9.17) is 9.84 Å². The van der Waals surface area contributed by atoms with Gasteiger partial charge < -0.3 is 24.5 Å². The molecule has 4 rings (SSSR count). The highest BCUT2D eigenvalue weighted by Crippen LogP contribution is 2.43. The highest BCUT2D eigenvalue weighted by atomic mass is 16.5. The lowest BCUT2D eigenvalue weighted by Crippen LogP contribution is -2.17. The summed E-state index contributed by atoms with van der Waals surface area (Å²) >= 11 is 0. The van der Waals surface area contributed by atoms with Gasteiger partial charge in [-0.2, -0.15) is 0 Å². The van der Waals surface area contributed by atoms with Crippen LogP contribution in [-0.2, 0) is 11.8 Å². The van der Waals surface area contributed by atoms with E-state index in [-0.39, 0.29) is 18.6 Å². The summed E-state index contributed by atoms with van der Waals surface area (Å²) in [6.07, 6.45) is 4.80. The minimum absolute atomic E-state index is 0.0231. The molecule has 0 unspecified atom stereocenters. The fourth-order valence-electron chi connectivity index (χ4n) is 3.31. The van der Waals surface area contributed by atoms with Gasteiger partial charge in [0.15, 0.2) is 0 Å². The SMILES string of the molecule is Cn1c(-c2ccccc2OCCO)cc2cc(NCC3(C=O)CC3)ncc21. The summed E-state index contributed by atoms with van der Waals surface area (Å²) in [6, 6.07) is 11.9. The average molecular weight is 365 g/mol. The Hall–Kier alpha value is -2.86.